The normalized spacial score (nSPS) is 11.3. The van der Waals surface area contributed by atoms with Crippen LogP contribution in [0.1, 0.15) is 6.92 Å². The zero-order valence-electron chi connectivity index (χ0n) is 11.9. The van der Waals surface area contributed by atoms with E-state index in [2.05, 4.69) is 15.8 Å². The molecule has 0 aliphatic heterocycles. The van der Waals surface area contributed by atoms with Crippen molar-refractivity contribution in [2.45, 2.75) is 11.3 Å². The number of nitrogens with zero attached hydrogens (tertiary/aromatic N) is 1. The molecule has 114 valence electrons. The molecule has 0 saturated heterocycles. The van der Waals surface area contributed by atoms with Crippen molar-refractivity contribution in [1.82, 2.24) is 15.8 Å². The van der Waals surface area contributed by atoms with E-state index in [1.807, 2.05) is 31.2 Å². The summed E-state index contributed by atoms with van der Waals surface area (Å²) in [6, 6.07) is 7.82. The van der Waals surface area contributed by atoms with Crippen molar-refractivity contribution in [2.75, 3.05) is 5.75 Å². The first-order valence-corrected chi connectivity index (χ1v) is 8.36. The standard InChI is InChI=1S/C15H15N3O2S2/c1-2-3-4-9-13(19)17-18-14(20)10-21-15-16-11-7-5-6-8-12(11)22-15/h2-9H,10H2,1H3,(H,17,19)(H,18,20)/b3-2+,9-4+. The molecule has 0 bridgehead atoms. The van der Waals surface area contributed by atoms with Crippen molar-refractivity contribution in [3.63, 3.8) is 0 Å². The Morgan fingerprint density at radius 2 is 2.09 bits per heavy atom. The van der Waals surface area contributed by atoms with Gasteiger partial charge < -0.3 is 0 Å². The number of carbonyl (C=O) groups is 2. The maximum atomic E-state index is 11.7. The van der Waals surface area contributed by atoms with Crippen molar-refractivity contribution in [3.05, 3.63) is 48.6 Å². The summed E-state index contributed by atoms with van der Waals surface area (Å²) >= 11 is 2.89. The van der Waals surface area contributed by atoms with Gasteiger partial charge in [-0.15, -0.1) is 11.3 Å². The molecule has 1 aromatic carbocycles. The molecule has 0 radical (unpaired) electrons. The molecule has 0 aliphatic carbocycles. The number of benzene rings is 1. The van der Waals surface area contributed by atoms with Gasteiger partial charge in [0, 0.05) is 6.08 Å². The Hall–Kier alpha value is -2.12. The summed E-state index contributed by atoms with van der Waals surface area (Å²) in [5.74, 6) is -0.466. The summed E-state index contributed by atoms with van der Waals surface area (Å²) in [6.07, 6.45) is 6.46. The van der Waals surface area contributed by atoms with E-state index in [-0.39, 0.29) is 17.6 Å². The highest BCUT2D eigenvalue weighted by Gasteiger charge is 2.07. The van der Waals surface area contributed by atoms with E-state index in [0.29, 0.717) is 0 Å². The molecule has 2 aromatic rings. The zero-order valence-corrected chi connectivity index (χ0v) is 13.5. The van der Waals surface area contributed by atoms with Gasteiger partial charge in [-0.3, -0.25) is 20.4 Å². The number of thiazole rings is 1. The minimum Gasteiger partial charge on any atom is -0.272 e. The number of carbonyl (C=O) groups excluding carboxylic acids is 2. The quantitative estimate of drug-likeness (QED) is 0.382. The third-order valence-corrected chi connectivity index (χ3v) is 4.66. The average molecular weight is 333 g/mol. The third-order valence-electron chi connectivity index (χ3n) is 2.48. The molecule has 0 unspecified atom stereocenters. The van der Waals surface area contributed by atoms with Gasteiger partial charge in [-0.05, 0) is 19.1 Å². The number of nitrogens with one attached hydrogen (secondary N) is 2. The summed E-state index contributed by atoms with van der Waals surface area (Å²) in [4.78, 5) is 27.4. The van der Waals surface area contributed by atoms with E-state index in [0.717, 1.165) is 14.6 Å². The van der Waals surface area contributed by atoms with Crippen LogP contribution in [0.15, 0.2) is 52.9 Å². The first-order valence-electron chi connectivity index (χ1n) is 6.55. The number of hydrazine groups is 1. The largest absolute Gasteiger partial charge is 0.272 e. The van der Waals surface area contributed by atoms with Crippen LogP contribution >= 0.6 is 23.1 Å². The van der Waals surface area contributed by atoms with Crippen LogP contribution in [-0.4, -0.2) is 22.6 Å². The van der Waals surface area contributed by atoms with Crippen LogP contribution < -0.4 is 10.9 Å². The summed E-state index contributed by atoms with van der Waals surface area (Å²) in [6.45, 7) is 1.85. The molecule has 2 amide bonds. The minimum absolute atomic E-state index is 0.193. The molecule has 0 aliphatic rings. The number of allylic oxidation sites excluding steroid dienone is 3. The molecule has 0 fully saturated rings. The van der Waals surface area contributed by atoms with E-state index in [4.69, 9.17) is 0 Å². The highest BCUT2D eigenvalue weighted by atomic mass is 32.2. The number of thioether (sulfide) groups is 1. The van der Waals surface area contributed by atoms with Gasteiger partial charge in [-0.25, -0.2) is 4.98 Å². The van der Waals surface area contributed by atoms with Crippen molar-refractivity contribution < 1.29 is 9.59 Å². The monoisotopic (exact) mass is 333 g/mol. The number of aromatic nitrogens is 1. The van der Waals surface area contributed by atoms with Crippen molar-refractivity contribution >= 4 is 45.1 Å². The summed E-state index contributed by atoms with van der Waals surface area (Å²) < 4.78 is 1.92. The van der Waals surface area contributed by atoms with Crippen molar-refractivity contribution in [1.29, 1.82) is 0 Å². The van der Waals surface area contributed by atoms with Gasteiger partial charge in [0.05, 0.1) is 16.0 Å². The second kappa shape index (κ2) is 8.35. The predicted octanol–water partition coefficient (Wildman–Crippen LogP) is 2.67. The van der Waals surface area contributed by atoms with Gasteiger partial charge in [0.2, 0.25) is 5.91 Å². The average Bonchev–Trinajstić information content (AvgIpc) is 2.94. The molecule has 5 nitrogen and oxygen atoms in total. The molecule has 7 heteroatoms. The van der Waals surface area contributed by atoms with E-state index >= 15 is 0 Å². The molecule has 2 rings (SSSR count). The Kier molecular flexibility index (Phi) is 6.17. The number of amides is 2. The number of hydrogen-bond donors (Lipinski definition) is 2. The lowest BCUT2D eigenvalue weighted by Gasteiger charge is -2.03. The summed E-state index contributed by atoms with van der Waals surface area (Å²) in [5, 5.41) is 0. The smallest absolute Gasteiger partial charge is 0.262 e. The SMILES string of the molecule is C/C=C/C=C/C(=O)NNC(=O)CSc1nc2ccccc2s1. The van der Waals surface area contributed by atoms with Crippen molar-refractivity contribution in [3.8, 4) is 0 Å². The maximum absolute atomic E-state index is 11.7. The Balaban J connectivity index is 1.76. The lowest BCUT2D eigenvalue weighted by Crippen LogP contribution is -2.41. The first kappa shape index (κ1) is 16.3. The Morgan fingerprint density at radius 1 is 1.27 bits per heavy atom. The molecule has 22 heavy (non-hydrogen) atoms. The number of para-hydroxylation sites is 1. The number of hydrogen-bond acceptors (Lipinski definition) is 5. The van der Waals surface area contributed by atoms with Gasteiger partial charge in [0.15, 0.2) is 4.34 Å². The summed E-state index contributed by atoms with van der Waals surface area (Å²) in [7, 11) is 0. The van der Waals surface area contributed by atoms with E-state index < -0.39 is 0 Å². The van der Waals surface area contributed by atoms with Crippen LogP contribution in [0.3, 0.4) is 0 Å². The van der Waals surface area contributed by atoms with Crippen LogP contribution in [-0.2, 0) is 9.59 Å². The van der Waals surface area contributed by atoms with E-state index in [9.17, 15) is 9.59 Å². The fourth-order valence-corrected chi connectivity index (χ4v) is 3.37. The Bertz CT molecular complexity index is 689. The fourth-order valence-electron chi connectivity index (χ4n) is 1.50. The second-order valence-corrected chi connectivity index (χ2v) is 6.41. The summed E-state index contributed by atoms with van der Waals surface area (Å²) in [5.41, 5.74) is 5.60. The number of fused-ring (bicyclic) bond motifs is 1. The fraction of sp³-hybridized carbons (Fsp3) is 0.133. The zero-order chi connectivity index (χ0) is 15.8. The molecule has 0 saturated carbocycles. The van der Waals surface area contributed by atoms with Crippen LogP contribution in [0.5, 0.6) is 0 Å². The second-order valence-electron chi connectivity index (χ2n) is 4.16. The van der Waals surface area contributed by atoms with Crippen molar-refractivity contribution in [2.24, 2.45) is 0 Å². The lowest BCUT2D eigenvalue weighted by atomic mass is 10.3. The number of rotatable bonds is 5. The lowest BCUT2D eigenvalue weighted by molar-refractivity contribution is -0.125. The van der Waals surface area contributed by atoms with Gasteiger partial charge in [-0.1, -0.05) is 42.1 Å². The molecule has 0 atom stereocenters. The molecule has 0 spiro atoms. The Labute approximate surface area is 136 Å². The van der Waals surface area contributed by atoms with Gasteiger partial charge >= 0.3 is 0 Å². The molecule has 1 heterocycles. The molecule has 1 aromatic heterocycles. The van der Waals surface area contributed by atoms with Crippen LogP contribution in [0, 0.1) is 0 Å². The van der Waals surface area contributed by atoms with Gasteiger partial charge in [0.25, 0.3) is 5.91 Å². The predicted molar refractivity (Wildman–Crippen MR) is 90.6 cm³/mol. The van der Waals surface area contributed by atoms with Crippen LogP contribution in [0.2, 0.25) is 0 Å². The highest BCUT2D eigenvalue weighted by molar-refractivity contribution is 8.01. The van der Waals surface area contributed by atoms with Crippen LogP contribution in [0.25, 0.3) is 10.2 Å². The van der Waals surface area contributed by atoms with E-state index in [1.165, 1.54) is 17.8 Å². The van der Waals surface area contributed by atoms with E-state index in [1.54, 1.807) is 29.6 Å². The van der Waals surface area contributed by atoms with Gasteiger partial charge in [0.1, 0.15) is 0 Å². The van der Waals surface area contributed by atoms with Gasteiger partial charge in [-0.2, -0.15) is 0 Å². The Morgan fingerprint density at radius 3 is 2.86 bits per heavy atom. The molecule has 2 N–H and O–H groups in total. The molecular weight excluding hydrogens is 318 g/mol. The highest BCUT2D eigenvalue weighted by Crippen LogP contribution is 2.28. The molecular formula is C15H15N3O2S2. The first-order chi connectivity index (χ1) is 10.7. The third kappa shape index (κ3) is 5.01. The minimum atomic E-state index is -0.378. The van der Waals surface area contributed by atoms with Crippen LogP contribution in [0.4, 0.5) is 0 Å². The maximum Gasteiger partial charge on any atom is 0.262 e. The topological polar surface area (TPSA) is 71.1 Å².